The Morgan fingerprint density at radius 2 is 1.16 bits per heavy atom. The summed E-state index contributed by atoms with van der Waals surface area (Å²) in [6.07, 6.45) is 10.5. The number of aromatic nitrogens is 4. The predicted molar refractivity (Wildman–Crippen MR) is 312 cm³/mol. The minimum absolute atomic E-state index is 0.113. The molecular weight excluding hydrogens is 1090 g/mol. The maximum Gasteiger partial charge on any atom is 0.494 e. The summed E-state index contributed by atoms with van der Waals surface area (Å²) in [7, 11) is 2.45. The Morgan fingerprint density at radius 1 is 0.650 bits per heavy atom. The summed E-state index contributed by atoms with van der Waals surface area (Å²) in [6, 6.07) is 21.5. The molecule has 4 N–H and O–H groups in total. The normalized spacial score (nSPS) is 19.2. The number of carboxylic acid groups (broad SMARTS) is 2. The van der Waals surface area contributed by atoms with E-state index >= 15 is 0 Å². The zero-order chi connectivity index (χ0) is 58.3. The number of hydrogen-bond acceptors (Lipinski definition) is 16. The zero-order valence-electron chi connectivity index (χ0n) is 47.8. The molecule has 3 aliphatic rings. The first kappa shape index (κ1) is 60.7. The third-order valence-corrected chi connectivity index (χ3v) is 15.0. The van der Waals surface area contributed by atoms with E-state index in [0.29, 0.717) is 47.3 Å². The second kappa shape index (κ2) is 25.3. The standard InChI is InChI=1S/C27H31N3O5.C19H24BrN3O2.C14H19BO5/c1-27(2,3)35-24(31)14-17-6-5-7-21(17)29-26-28-15-19-12-16(8-10-22(19)30-26)20-13-18(25(32)33)9-11-23(20)34-4;1-19(2,3)25-17(24)10-12-5-4-6-15(12)22-18-21-11-13-9-14(20)7-8-16(13)23-18;1-13(2)14(3,4)20-15(19-13)10-6-9(12(16)17)7-11(8-10)18-5/h8-13,15,17,21H,5-7,14H2,1-4H3,(H,32,33)(H,28,29,30);7-9,11-12,15H,4-6,10H2,1-3H3,(H,21,22,23);6-8H,1-5H3,(H,16,17)/t17-,21-;12-,15-;/m11./s1. The van der Waals surface area contributed by atoms with Crippen LogP contribution in [0.25, 0.3) is 32.9 Å². The molecule has 80 heavy (non-hydrogen) atoms. The van der Waals surface area contributed by atoms with Crippen LogP contribution in [0, 0.1) is 11.8 Å². The Labute approximate surface area is 476 Å². The van der Waals surface area contributed by atoms with Gasteiger partial charge >= 0.3 is 31.0 Å². The van der Waals surface area contributed by atoms with Gasteiger partial charge in [0, 0.05) is 45.3 Å². The number of anilines is 2. The first-order valence-corrected chi connectivity index (χ1v) is 27.7. The molecule has 3 heterocycles. The molecular formula is C60H74BBrN6O12. The quantitative estimate of drug-likeness (QED) is 0.0585. The van der Waals surface area contributed by atoms with Crippen molar-refractivity contribution in [1.29, 1.82) is 0 Å². The SMILES string of the molecule is CC(C)(C)OC(=O)C[C@H]1CCC[C@H]1Nc1ncc2cc(Br)ccc2n1.COc1cc(B2OC(C)(C)C(C)(C)O2)cc(C(=O)O)c1.COc1ccc(C(=O)O)cc1-c1ccc2nc(N[C@@H]3CCC[C@@H]3CC(=O)OC(C)(C)C)ncc2c1. The molecule has 0 spiro atoms. The van der Waals surface area contributed by atoms with E-state index in [-0.39, 0.29) is 47.0 Å². The number of nitrogens with zero attached hydrogens (tertiary/aromatic N) is 4. The van der Waals surface area contributed by atoms with Crippen LogP contribution in [-0.2, 0) is 28.4 Å². The fourth-order valence-corrected chi connectivity index (χ4v) is 10.2. The van der Waals surface area contributed by atoms with Crippen LogP contribution in [0.4, 0.5) is 11.9 Å². The van der Waals surface area contributed by atoms with Crippen molar-refractivity contribution in [3.63, 3.8) is 0 Å². The Balaban J connectivity index is 0.000000181. The van der Waals surface area contributed by atoms with Gasteiger partial charge in [-0.3, -0.25) is 9.59 Å². The van der Waals surface area contributed by atoms with Gasteiger partial charge in [0.15, 0.2) is 0 Å². The number of rotatable bonds is 14. The Bertz CT molecular complexity index is 3200. The second-order valence-electron chi connectivity index (χ2n) is 23.4. The molecule has 20 heteroatoms. The third kappa shape index (κ3) is 16.1. The lowest BCUT2D eigenvalue weighted by molar-refractivity contribution is -0.157. The topological polar surface area (TPSA) is 240 Å². The van der Waals surface area contributed by atoms with E-state index in [2.05, 4.69) is 46.5 Å². The van der Waals surface area contributed by atoms with E-state index < -0.39 is 41.5 Å². The minimum atomic E-state index is -1.01. The van der Waals surface area contributed by atoms with Gasteiger partial charge in [0.25, 0.3) is 0 Å². The number of benzene rings is 4. The van der Waals surface area contributed by atoms with E-state index in [9.17, 15) is 24.3 Å². The molecule has 18 nitrogen and oxygen atoms in total. The van der Waals surface area contributed by atoms with Crippen LogP contribution in [0.1, 0.15) is 141 Å². The van der Waals surface area contributed by atoms with Crippen LogP contribution < -0.4 is 25.6 Å². The Kier molecular flexibility index (Phi) is 19.2. The number of aromatic carboxylic acids is 2. The molecule has 1 saturated heterocycles. The molecule has 2 aromatic heterocycles. The highest BCUT2D eigenvalue weighted by molar-refractivity contribution is 9.10. The first-order valence-electron chi connectivity index (χ1n) is 26.9. The maximum absolute atomic E-state index is 12.3. The molecule has 426 valence electrons. The van der Waals surface area contributed by atoms with Crippen molar-refractivity contribution >= 4 is 86.1 Å². The fourth-order valence-electron chi connectivity index (χ4n) is 9.86. The molecule has 9 rings (SSSR count). The van der Waals surface area contributed by atoms with Gasteiger partial charge in [-0.25, -0.2) is 29.5 Å². The molecule has 2 aliphatic carbocycles. The van der Waals surface area contributed by atoms with Gasteiger partial charge in [-0.15, -0.1) is 0 Å². The fraction of sp³-hybridized carbons (Fsp3) is 0.467. The van der Waals surface area contributed by atoms with Crippen molar-refractivity contribution in [2.24, 2.45) is 11.8 Å². The molecule has 0 unspecified atom stereocenters. The molecule has 0 radical (unpaired) electrons. The number of carbonyl (C=O) groups excluding carboxylic acids is 2. The zero-order valence-corrected chi connectivity index (χ0v) is 49.4. The number of carboxylic acids is 2. The first-order chi connectivity index (χ1) is 37.6. The summed E-state index contributed by atoms with van der Waals surface area (Å²) in [5.41, 5.74) is 2.29. The number of hydrogen-bond donors (Lipinski definition) is 4. The summed E-state index contributed by atoms with van der Waals surface area (Å²) >= 11 is 3.46. The smallest absolute Gasteiger partial charge is 0.494 e. The van der Waals surface area contributed by atoms with Crippen LogP contribution >= 0.6 is 15.9 Å². The molecule has 1 aliphatic heterocycles. The monoisotopic (exact) mass is 1160 g/mol. The maximum atomic E-state index is 12.3. The lowest BCUT2D eigenvalue weighted by Crippen LogP contribution is -2.41. The summed E-state index contributed by atoms with van der Waals surface area (Å²) in [5, 5.41) is 27.2. The summed E-state index contributed by atoms with van der Waals surface area (Å²) < 4.78 is 34.4. The molecule has 4 atom stereocenters. The van der Waals surface area contributed by atoms with Crippen LogP contribution in [-0.4, -0.2) is 110 Å². The van der Waals surface area contributed by atoms with Crippen molar-refractivity contribution in [2.75, 3.05) is 24.9 Å². The van der Waals surface area contributed by atoms with Gasteiger partial charge in [-0.1, -0.05) is 34.8 Å². The van der Waals surface area contributed by atoms with Crippen molar-refractivity contribution in [3.05, 3.63) is 101 Å². The number of carbonyl (C=O) groups is 4. The lowest BCUT2D eigenvalue weighted by atomic mass is 9.78. The van der Waals surface area contributed by atoms with Crippen LogP contribution in [0.5, 0.6) is 11.5 Å². The van der Waals surface area contributed by atoms with Crippen LogP contribution in [0.3, 0.4) is 0 Å². The van der Waals surface area contributed by atoms with Crippen LogP contribution in [0.2, 0.25) is 0 Å². The number of halogens is 1. The number of nitrogens with one attached hydrogen (secondary N) is 2. The van der Waals surface area contributed by atoms with Gasteiger partial charge in [0.05, 0.1) is 60.4 Å². The van der Waals surface area contributed by atoms with E-state index in [0.717, 1.165) is 70.4 Å². The van der Waals surface area contributed by atoms with E-state index in [1.807, 2.05) is 112 Å². The van der Waals surface area contributed by atoms with E-state index in [1.165, 1.54) is 19.2 Å². The average molecular weight is 1160 g/mol. The van der Waals surface area contributed by atoms with Crippen LogP contribution in [0.15, 0.2) is 89.7 Å². The van der Waals surface area contributed by atoms with Crippen molar-refractivity contribution in [1.82, 2.24) is 19.9 Å². The molecule has 0 amide bonds. The van der Waals surface area contributed by atoms with Gasteiger partial charge in [0.2, 0.25) is 11.9 Å². The highest BCUT2D eigenvalue weighted by Crippen LogP contribution is 2.38. The highest BCUT2D eigenvalue weighted by atomic mass is 79.9. The van der Waals surface area contributed by atoms with Crippen molar-refractivity contribution < 1.29 is 57.6 Å². The third-order valence-electron chi connectivity index (χ3n) is 14.5. The predicted octanol–water partition coefficient (Wildman–Crippen LogP) is 11.7. The Morgan fingerprint density at radius 3 is 1.65 bits per heavy atom. The molecule has 6 aromatic rings. The Hall–Kier alpha value is -6.90. The van der Waals surface area contributed by atoms with E-state index in [1.54, 1.807) is 37.6 Å². The lowest BCUT2D eigenvalue weighted by Gasteiger charge is -2.32. The van der Waals surface area contributed by atoms with Gasteiger partial charge < -0.3 is 49.1 Å². The van der Waals surface area contributed by atoms with Gasteiger partial charge in [-0.2, -0.15) is 0 Å². The number of fused-ring (bicyclic) bond motifs is 2. The largest absolute Gasteiger partial charge is 0.497 e. The number of methoxy groups -OCH3 is 2. The van der Waals surface area contributed by atoms with E-state index in [4.69, 9.17) is 33.4 Å². The second-order valence-corrected chi connectivity index (χ2v) is 24.4. The summed E-state index contributed by atoms with van der Waals surface area (Å²) in [6.45, 7) is 19.1. The van der Waals surface area contributed by atoms with Gasteiger partial charge in [-0.05, 0) is 185 Å². The average Bonchev–Trinajstić information content (AvgIpc) is 4.08. The number of ether oxygens (including phenoxy) is 4. The highest BCUT2D eigenvalue weighted by Gasteiger charge is 2.52. The molecule has 3 fully saturated rings. The molecule has 0 bridgehead atoms. The summed E-state index contributed by atoms with van der Waals surface area (Å²) in [4.78, 5) is 65.2. The van der Waals surface area contributed by atoms with Crippen molar-refractivity contribution in [2.45, 2.75) is 155 Å². The molecule has 2 saturated carbocycles. The molecule has 4 aromatic carbocycles. The number of esters is 2. The van der Waals surface area contributed by atoms with Crippen molar-refractivity contribution in [3.8, 4) is 22.6 Å². The summed E-state index contributed by atoms with van der Waals surface area (Å²) in [5.74, 6) is 0.334. The van der Waals surface area contributed by atoms with Gasteiger partial charge in [0.1, 0.15) is 22.7 Å². The minimum Gasteiger partial charge on any atom is -0.497 e.